The van der Waals surface area contributed by atoms with E-state index in [0.717, 1.165) is 64.0 Å². The van der Waals surface area contributed by atoms with Gasteiger partial charge in [-0.1, -0.05) is 56.3 Å². The molecule has 2 heterocycles. The van der Waals surface area contributed by atoms with Crippen molar-refractivity contribution in [1.82, 2.24) is 0 Å². The molecule has 2 aliphatic heterocycles. The lowest BCUT2D eigenvalue weighted by atomic mass is 9.89. The van der Waals surface area contributed by atoms with Crippen molar-refractivity contribution in [3.63, 3.8) is 0 Å². The molecule has 4 heteroatoms. The summed E-state index contributed by atoms with van der Waals surface area (Å²) in [6.45, 7) is 9.49. The standard InChI is InChI=1S/C32H38O4/c1-3-23(29-17-33-18-29)21-35-31-12-8-25(9-13-31)27-6-5-7-28(16-27)26-10-14-32(15-11-26)36-22-24(4-2)30-19-34-20-30/h5-16,23-24,29-30H,3-4,17-22H2,1-2H3. The molecule has 2 unspecified atom stereocenters. The van der Waals surface area contributed by atoms with E-state index in [9.17, 15) is 0 Å². The smallest absolute Gasteiger partial charge is 0.119 e. The lowest BCUT2D eigenvalue weighted by Gasteiger charge is -2.33. The first-order valence-corrected chi connectivity index (χ1v) is 13.5. The maximum atomic E-state index is 6.10. The zero-order chi connectivity index (χ0) is 24.7. The van der Waals surface area contributed by atoms with Gasteiger partial charge in [0, 0.05) is 11.8 Å². The summed E-state index contributed by atoms with van der Waals surface area (Å²) in [5.41, 5.74) is 4.78. The van der Waals surface area contributed by atoms with Crippen molar-refractivity contribution >= 4 is 0 Å². The minimum Gasteiger partial charge on any atom is -0.493 e. The normalized spacial score (nSPS) is 17.6. The molecule has 0 aromatic heterocycles. The number of rotatable bonds is 12. The van der Waals surface area contributed by atoms with Crippen LogP contribution in [0.3, 0.4) is 0 Å². The highest BCUT2D eigenvalue weighted by Crippen LogP contribution is 2.30. The Hall–Kier alpha value is -2.82. The quantitative estimate of drug-likeness (QED) is 0.273. The molecular formula is C32H38O4. The fourth-order valence-electron chi connectivity index (χ4n) is 5.00. The lowest BCUT2D eigenvalue weighted by Crippen LogP contribution is -2.36. The van der Waals surface area contributed by atoms with Gasteiger partial charge < -0.3 is 18.9 Å². The fraction of sp³-hybridized carbons (Fsp3) is 0.438. The third-order valence-electron chi connectivity index (χ3n) is 7.88. The molecular weight excluding hydrogens is 448 g/mol. The minimum atomic E-state index is 0.567. The zero-order valence-corrected chi connectivity index (χ0v) is 21.5. The van der Waals surface area contributed by atoms with Gasteiger partial charge in [0.05, 0.1) is 39.6 Å². The Morgan fingerprint density at radius 1 is 0.611 bits per heavy atom. The van der Waals surface area contributed by atoms with Crippen LogP contribution in [0.2, 0.25) is 0 Å². The van der Waals surface area contributed by atoms with Gasteiger partial charge in [0.15, 0.2) is 0 Å². The predicted octanol–water partition coefficient (Wildman–Crippen LogP) is 7.12. The van der Waals surface area contributed by atoms with Crippen molar-refractivity contribution in [3.05, 3.63) is 72.8 Å². The SMILES string of the molecule is CCC(COc1ccc(-c2cccc(-c3ccc(OCC(CC)C4COC4)cc3)c2)cc1)C1COC1. The molecule has 190 valence electrons. The van der Waals surface area contributed by atoms with Gasteiger partial charge in [-0.3, -0.25) is 0 Å². The van der Waals surface area contributed by atoms with Crippen LogP contribution in [0.5, 0.6) is 11.5 Å². The molecule has 0 aliphatic carbocycles. The zero-order valence-electron chi connectivity index (χ0n) is 21.5. The first-order chi connectivity index (χ1) is 17.7. The summed E-state index contributed by atoms with van der Waals surface area (Å²) in [4.78, 5) is 0. The Morgan fingerprint density at radius 3 is 1.36 bits per heavy atom. The van der Waals surface area contributed by atoms with Gasteiger partial charge in [-0.2, -0.15) is 0 Å². The highest BCUT2D eigenvalue weighted by Gasteiger charge is 2.28. The molecule has 0 radical (unpaired) electrons. The van der Waals surface area contributed by atoms with Crippen LogP contribution in [0, 0.1) is 23.7 Å². The Balaban J connectivity index is 1.19. The first-order valence-electron chi connectivity index (χ1n) is 13.5. The number of ether oxygens (including phenoxy) is 4. The molecule has 36 heavy (non-hydrogen) atoms. The molecule has 3 aromatic carbocycles. The number of benzene rings is 3. The van der Waals surface area contributed by atoms with E-state index in [0.29, 0.717) is 23.7 Å². The summed E-state index contributed by atoms with van der Waals surface area (Å²) in [6.07, 6.45) is 2.25. The third-order valence-corrected chi connectivity index (χ3v) is 7.88. The van der Waals surface area contributed by atoms with E-state index < -0.39 is 0 Å². The van der Waals surface area contributed by atoms with E-state index in [2.05, 4.69) is 86.6 Å². The molecule has 4 nitrogen and oxygen atoms in total. The van der Waals surface area contributed by atoms with Gasteiger partial charge in [-0.15, -0.1) is 0 Å². The van der Waals surface area contributed by atoms with Crippen molar-refractivity contribution in [2.24, 2.45) is 23.7 Å². The van der Waals surface area contributed by atoms with Crippen LogP contribution in [-0.2, 0) is 9.47 Å². The summed E-state index contributed by atoms with van der Waals surface area (Å²) in [6, 6.07) is 25.6. The van der Waals surface area contributed by atoms with Crippen molar-refractivity contribution in [2.75, 3.05) is 39.6 Å². The van der Waals surface area contributed by atoms with E-state index >= 15 is 0 Å². The molecule has 3 aromatic rings. The highest BCUT2D eigenvalue weighted by atomic mass is 16.5. The van der Waals surface area contributed by atoms with Crippen LogP contribution >= 0.6 is 0 Å². The molecule has 2 atom stereocenters. The first kappa shape index (κ1) is 24.9. The molecule has 0 N–H and O–H groups in total. The van der Waals surface area contributed by atoms with Crippen molar-refractivity contribution in [3.8, 4) is 33.8 Å². The maximum absolute atomic E-state index is 6.10. The highest BCUT2D eigenvalue weighted by molar-refractivity contribution is 5.73. The van der Waals surface area contributed by atoms with Crippen LogP contribution in [0.4, 0.5) is 0 Å². The van der Waals surface area contributed by atoms with E-state index in [-0.39, 0.29) is 0 Å². The van der Waals surface area contributed by atoms with Crippen LogP contribution in [0.15, 0.2) is 72.8 Å². The third kappa shape index (κ3) is 5.93. The predicted molar refractivity (Wildman–Crippen MR) is 144 cm³/mol. The maximum Gasteiger partial charge on any atom is 0.119 e. The molecule has 0 amide bonds. The van der Waals surface area contributed by atoms with Crippen LogP contribution in [-0.4, -0.2) is 39.6 Å². The fourth-order valence-corrected chi connectivity index (χ4v) is 5.00. The van der Waals surface area contributed by atoms with Crippen LogP contribution in [0.1, 0.15) is 26.7 Å². The van der Waals surface area contributed by atoms with Gasteiger partial charge in [0.2, 0.25) is 0 Å². The van der Waals surface area contributed by atoms with Gasteiger partial charge in [0.1, 0.15) is 11.5 Å². The van der Waals surface area contributed by atoms with Crippen molar-refractivity contribution in [2.45, 2.75) is 26.7 Å². The van der Waals surface area contributed by atoms with E-state index in [1.165, 1.54) is 22.3 Å². The van der Waals surface area contributed by atoms with Crippen LogP contribution in [0.25, 0.3) is 22.3 Å². The largest absolute Gasteiger partial charge is 0.493 e. The molecule has 0 bridgehead atoms. The van der Waals surface area contributed by atoms with Crippen molar-refractivity contribution in [1.29, 1.82) is 0 Å². The number of hydrogen-bond acceptors (Lipinski definition) is 4. The van der Waals surface area contributed by atoms with Gasteiger partial charge in [0.25, 0.3) is 0 Å². The molecule has 2 aliphatic rings. The van der Waals surface area contributed by atoms with Gasteiger partial charge in [-0.25, -0.2) is 0 Å². The van der Waals surface area contributed by atoms with Crippen molar-refractivity contribution < 1.29 is 18.9 Å². The summed E-state index contributed by atoms with van der Waals surface area (Å²) < 4.78 is 22.9. The topological polar surface area (TPSA) is 36.9 Å². The molecule has 0 spiro atoms. The molecule has 2 saturated heterocycles. The Morgan fingerprint density at radius 2 is 1.03 bits per heavy atom. The van der Waals surface area contributed by atoms with E-state index in [1.807, 2.05) is 0 Å². The molecule has 0 saturated carbocycles. The van der Waals surface area contributed by atoms with Crippen LogP contribution < -0.4 is 9.47 Å². The molecule has 5 rings (SSSR count). The summed E-state index contributed by atoms with van der Waals surface area (Å²) in [5.74, 6) is 4.29. The van der Waals surface area contributed by atoms with E-state index in [1.54, 1.807) is 0 Å². The lowest BCUT2D eigenvalue weighted by molar-refractivity contribution is -0.0694. The molecule has 2 fully saturated rings. The van der Waals surface area contributed by atoms with Gasteiger partial charge in [-0.05, 0) is 77.3 Å². The second-order valence-electron chi connectivity index (χ2n) is 10.2. The minimum absolute atomic E-state index is 0.567. The Bertz CT molecular complexity index is 999. The average Bonchev–Trinajstić information content (AvgIpc) is 2.87. The Kier molecular flexibility index (Phi) is 8.25. The summed E-state index contributed by atoms with van der Waals surface area (Å²) in [5, 5.41) is 0. The summed E-state index contributed by atoms with van der Waals surface area (Å²) >= 11 is 0. The van der Waals surface area contributed by atoms with Gasteiger partial charge >= 0.3 is 0 Å². The second-order valence-corrected chi connectivity index (χ2v) is 10.2. The van der Waals surface area contributed by atoms with E-state index in [4.69, 9.17) is 18.9 Å². The summed E-state index contributed by atoms with van der Waals surface area (Å²) in [7, 11) is 0. The second kappa shape index (κ2) is 11.9. The average molecular weight is 487 g/mol. The Labute approximate surface area is 215 Å². The number of hydrogen-bond donors (Lipinski definition) is 0. The monoisotopic (exact) mass is 486 g/mol.